The third-order valence-corrected chi connectivity index (χ3v) is 6.65. The molecule has 0 aliphatic carbocycles. The standard InChI is InChI=1S/C26H22ClN5O4S/c1-15-4-9-23-20(12-15)28-25(36-23)17-5-7-18(27)19(13-17)29-26(37)30-24(33)16-6-8-21(22(14-16)32(34)35)31-10-2-3-11-31/h4-9,12-14H,2-3,10-11H2,1H3,(H2,29,30,33,37). The van der Waals surface area contributed by atoms with Gasteiger partial charge >= 0.3 is 0 Å². The Morgan fingerprint density at radius 2 is 1.92 bits per heavy atom. The quantitative estimate of drug-likeness (QED) is 0.179. The highest BCUT2D eigenvalue weighted by molar-refractivity contribution is 7.80. The van der Waals surface area contributed by atoms with Crippen LogP contribution >= 0.6 is 23.8 Å². The molecule has 188 valence electrons. The fourth-order valence-corrected chi connectivity index (χ4v) is 4.65. The van der Waals surface area contributed by atoms with E-state index in [9.17, 15) is 14.9 Å². The van der Waals surface area contributed by atoms with Crippen LogP contribution in [0, 0.1) is 17.0 Å². The van der Waals surface area contributed by atoms with Crippen LogP contribution in [0.15, 0.2) is 59.0 Å². The van der Waals surface area contributed by atoms with Crippen LogP contribution in [0.1, 0.15) is 28.8 Å². The van der Waals surface area contributed by atoms with Crippen molar-refractivity contribution in [3.63, 3.8) is 0 Å². The summed E-state index contributed by atoms with van der Waals surface area (Å²) in [5, 5.41) is 17.5. The number of carbonyl (C=O) groups excluding carboxylic acids is 1. The maximum Gasteiger partial charge on any atom is 0.293 e. The molecule has 2 heterocycles. The smallest absolute Gasteiger partial charge is 0.293 e. The van der Waals surface area contributed by atoms with Crippen LogP contribution in [0.2, 0.25) is 5.02 Å². The summed E-state index contributed by atoms with van der Waals surface area (Å²) in [6.07, 6.45) is 1.96. The van der Waals surface area contributed by atoms with Crippen LogP contribution in [0.5, 0.6) is 0 Å². The number of anilines is 2. The van der Waals surface area contributed by atoms with Crippen molar-refractivity contribution < 1.29 is 14.1 Å². The van der Waals surface area contributed by atoms with Crippen LogP contribution < -0.4 is 15.5 Å². The van der Waals surface area contributed by atoms with Crippen molar-refractivity contribution in [3.05, 3.63) is 80.9 Å². The van der Waals surface area contributed by atoms with Crippen LogP contribution in [0.4, 0.5) is 17.1 Å². The molecule has 11 heteroatoms. The number of rotatable bonds is 5. The molecule has 0 unspecified atom stereocenters. The Kier molecular flexibility index (Phi) is 6.77. The lowest BCUT2D eigenvalue weighted by atomic mass is 10.1. The number of carbonyl (C=O) groups is 1. The molecule has 5 rings (SSSR count). The van der Waals surface area contributed by atoms with Gasteiger partial charge in [-0.1, -0.05) is 17.7 Å². The van der Waals surface area contributed by atoms with Crippen molar-refractivity contribution in [1.82, 2.24) is 10.3 Å². The highest BCUT2D eigenvalue weighted by atomic mass is 35.5. The molecule has 1 amide bonds. The summed E-state index contributed by atoms with van der Waals surface area (Å²) in [5.41, 5.74) is 4.12. The minimum Gasteiger partial charge on any atom is -0.436 e. The number of nitrogens with one attached hydrogen (secondary N) is 2. The van der Waals surface area contributed by atoms with Gasteiger partial charge in [0.15, 0.2) is 10.7 Å². The SMILES string of the molecule is Cc1ccc2oc(-c3ccc(Cl)c(NC(=S)NC(=O)c4ccc(N5CCCC5)c([N+](=O)[O-])c4)c3)nc2c1. The summed E-state index contributed by atoms with van der Waals surface area (Å²) in [4.78, 5) is 30.5. The number of fused-ring (bicyclic) bond motifs is 1. The zero-order valence-corrected chi connectivity index (χ0v) is 21.4. The van der Waals surface area contributed by atoms with Gasteiger partial charge in [-0.2, -0.15) is 0 Å². The number of benzene rings is 3. The summed E-state index contributed by atoms with van der Waals surface area (Å²) >= 11 is 11.7. The van der Waals surface area contributed by atoms with E-state index in [1.807, 2.05) is 30.0 Å². The molecule has 1 saturated heterocycles. The van der Waals surface area contributed by atoms with Gasteiger partial charge < -0.3 is 14.6 Å². The lowest BCUT2D eigenvalue weighted by molar-refractivity contribution is -0.384. The number of nitro benzene ring substituents is 1. The maximum absolute atomic E-state index is 12.8. The number of hydrogen-bond acceptors (Lipinski definition) is 7. The molecule has 3 aromatic carbocycles. The first-order chi connectivity index (χ1) is 17.8. The first-order valence-corrected chi connectivity index (χ1v) is 12.4. The number of thiocarbonyl (C=S) groups is 1. The van der Waals surface area contributed by atoms with Gasteiger partial charge in [0.1, 0.15) is 11.2 Å². The maximum atomic E-state index is 12.8. The molecule has 37 heavy (non-hydrogen) atoms. The van der Waals surface area contributed by atoms with Crippen molar-refractivity contribution in [2.24, 2.45) is 0 Å². The Morgan fingerprint density at radius 3 is 2.68 bits per heavy atom. The van der Waals surface area contributed by atoms with Gasteiger partial charge in [0.2, 0.25) is 5.89 Å². The number of hydrogen-bond donors (Lipinski definition) is 2. The number of aromatic nitrogens is 1. The van der Waals surface area contributed by atoms with E-state index in [1.165, 1.54) is 6.07 Å². The Balaban J connectivity index is 1.32. The monoisotopic (exact) mass is 535 g/mol. The molecule has 4 aromatic rings. The Labute approximate surface area is 222 Å². The number of nitro groups is 1. The zero-order chi connectivity index (χ0) is 26.1. The predicted octanol–water partition coefficient (Wildman–Crippen LogP) is 6.09. The van der Waals surface area contributed by atoms with Crippen LogP contribution in [-0.2, 0) is 0 Å². The lowest BCUT2D eigenvalue weighted by Crippen LogP contribution is -2.34. The molecule has 2 N–H and O–H groups in total. The molecule has 0 radical (unpaired) electrons. The first kappa shape index (κ1) is 24.7. The summed E-state index contributed by atoms with van der Waals surface area (Å²) in [6.45, 7) is 3.49. The molecule has 1 fully saturated rings. The van der Waals surface area contributed by atoms with Gasteiger partial charge in [0.25, 0.3) is 11.6 Å². The fourth-order valence-electron chi connectivity index (χ4n) is 4.28. The van der Waals surface area contributed by atoms with E-state index in [-0.39, 0.29) is 16.4 Å². The Bertz CT molecular complexity index is 1550. The summed E-state index contributed by atoms with van der Waals surface area (Å²) in [7, 11) is 0. The topological polar surface area (TPSA) is 114 Å². The number of aryl methyl sites for hydroxylation is 1. The van der Waals surface area contributed by atoms with Gasteiger partial charge in [-0.15, -0.1) is 0 Å². The lowest BCUT2D eigenvalue weighted by Gasteiger charge is -2.18. The van der Waals surface area contributed by atoms with Crippen molar-refractivity contribution in [2.45, 2.75) is 19.8 Å². The molecule has 0 bridgehead atoms. The number of nitrogens with zero attached hydrogens (tertiary/aromatic N) is 3. The first-order valence-electron chi connectivity index (χ1n) is 11.6. The van der Waals surface area contributed by atoms with E-state index in [4.69, 9.17) is 28.2 Å². The zero-order valence-electron chi connectivity index (χ0n) is 19.8. The summed E-state index contributed by atoms with van der Waals surface area (Å²) in [6, 6.07) is 15.3. The van der Waals surface area contributed by atoms with Crippen molar-refractivity contribution in [3.8, 4) is 11.5 Å². The largest absolute Gasteiger partial charge is 0.436 e. The van der Waals surface area contributed by atoms with Crippen molar-refractivity contribution in [2.75, 3.05) is 23.3 Å². The molecule has 0 saturated carbocycles. The molecular formula is C26H22ClN5O4S. The summed E-state index contributed by atoms with van der Waals surface area (Å²) < 4.78 is 5.87. The van der Waals surface area contributed by atoms with Gasteiger partial charge in [0, 0.05) is 30.3 Å². The molecule has 1 aliphatic heterocycles. The Hall–Kier alpha value is -4.02. The third kappa shape index (κ3) is 5.25. The Morgan fingerprint density at radius 1 is 1.14 bits per heavy atom. The second-order valence-corrected chi connectivity index (χ2v) is 9.56. The summed E-state index contributed by atoms with van der Waals surface area (Å²) in [5.74, 6) is -0.157. The third-order valence-electron chi connectivity index (χ3n) is 6.11. The van der Waals surface area contributed by atoms with Crippen LogP contribution in [-0.4, -0.2) is 34.0 Å². The van der Waals surface area contributed by atoms with Gasteiger partial charge in [-0.25, -0.2) is 4.98 Å². The fraction of sp³-hybridized carbons (Fsp3) is 0.192. The number of halogens is 1. The highest BCUT2D eigenvalue weighted by Crippen LogP contribution is 2.32. The molecule has 0 spiro atoms. The molecule has 0 atom stereocenters. The second-order valence-electron chi connectivity index (χ2n) is 8.75. The highest BCUT2D eigenvalue weighted by Gasteiger charge is 2.24. The van der Waals surface area contributed by atoms with Gasteiger partial charge in [-0.05, 0) is 80.0 Å². The molecule has 1 aromatic heterocycles. The molecule has 9 nitrogen and oxygen atoms in total. The van der Waals surface area contributed by atoms with E-state index < -0.39 is 10.8 Å². The predicted molar refractivity (Wildman–Crippen MR) is 147 cm³/mol. The number of amides is 1. The van der Waals surface area contributed by atoms with E-state index in [0.717, 1.165) is 37.0 Å². The van der Waals surface area contributed by atoms with E-state index >= 15 is 0 Å². The molecule has 1 aliphatic rings. The van der Waals surface area contributed by atoms with Crippen molar-refractivity contribution >= 4 is 63.0 Å². The van der Waals surface area contributed by atoms with E-state index in [0.29, 0.717) is 33.4 Å². The van der Waals surface area contributed by atoms with Gasteiger partial charge in [0.05, 0.1) is 15.6 Å². The molecular weight excluding hydrogens is 514 g/mol. The van der Waals surface area contributed by atoms with Crippen LogP contribution in [0.3, 0.4) is 0 Å². The minimum absolute atomic E-state index is 0.0106. The normalized spacial score (nSPS) is 13.1. The number of oxazole rings is 1. The average Bonchev–Trinajstić information content (AvgIpc) is 3.55. The van der Waals surface area contributed by atoms with E-state index in [2.05, 4.69) is 15.6 Å². The van der Waals surface area contributed by atoms with E-state index in [1.54, 1.807) is 30.3 Å². The van der Waals surface area contributed by atoms with Crippen molar-refractivity contribution in [1.29, 1.82) is 0 Å². The van der Waals surface area contributed by atoms with Gasteiger partial charge in [-0.3, -0.25) is 20.2 Å². The minimum atomic E-state index is -0.574. The second kappa shape index (κ2) is 10.2. The average molecular weight is 536 g/mol. The van der Waals surface area contributed by atoms with Crippen LogP contribution in [0.25, 0.3) is 22.6 Å².